The van der Waals surface area contributed by atoms with Gasteiger partial charge in [-0.15, -0.1) is 0 Å². The van der Waals surface area contributed by atoms with Crippen molar-refractivity contribution >= 4 is 0 Å². The summed E-state index contributed by atoms with van der Waals surface area (Å²) in [4.78, 5) is 2.15. The van der Waals surface area contributed by atoms with E-state index in [1.807, 2.05) is 19.2 Å². The molecule has 0 spiro atoms. The van der Waals surface area contributed by atoms with Crippen molar-refractivity contribution < 1.29 is 4.39 Å². The molecule has 0 fully saturated rings. The van der Waals surface area contributed by atoms with Crippen LogP contribution in [0.3, 0.4) is 0 Å². The lowest BCUT2D eigenvalue weighted by molar-refractivity contribution is 0.323. The normalized spacial score (nSPS) is 11.0. The van der Waals surface area contributed by atoms with Crippen LogP contribution in [-0.2, 0) is 6.54 Å². The van der Waals surface area contributed by atoms with Gasteiger partial charge in [-0.3, -0.25) is 0 Å². The van der Waals surface area contributed by atoms with E-state index in [-0.39, 0.29) is 5.82 Å². The van der Waals surface area contributed by atoms with E-state index in [0.717, 1.165) is 25.1 Å². The largest absolute Gasteiger partial charge is 0.330 e. The first-order valence-corrected chi connectivity index (χ1v) is 5.27. The van der Waals surface area contributed by atoms with Crippen molar-refractivity contribution in [3.63, 3.8) is 0 Å². The standard InChI is InChI=1S/C12H19FN2/c1-10-4-5-11(8-12(10)13)9-15(2)7-3-6-14/h4-5,8H,3,6-7,9,14H2,1-2H3. The van der Waals surface area contributed by atoms with Crippen LogP contribution < -0.4 is 5.73 Å². The third-order valence-electron chi connectivity index (χ3n) is 2.43. The first kappa shape index (κ1) is 12.1. The maximum atomic E-state index is 13.2. The summed E-state index contributed by atoms with van der Waals surface area (Å²) >= 11 is 0. The van der Waals surface area contributed by atoms with Gasteiger partial charge in [0.1, 0.15) is 5.82 Å². The number of rotatable bonds is 5. The summed E-state index contributed by atoms with van der Waals surface area (Å²) in [6.45, 7) is 4.20. The highest BCUT2D eigenvalue weighted by molar-refractivity contribution is 5.23. The highest BCUT2D eigenvalue weighted by Gasteiger charge is 2.02. The second kappa shape index (κ2) is 5.83. The van der Waals surface area contributed by atoms with E-state index in [4.69, 9.17) is 5.73 Å². The molecule has 3 heteroatoms. The van der Waals surface area contributed by atoms with Gasteiger partial charge in [-0.1, -0.05) is 12.1 Å². The fourth-order valence-corrected chi connectivity index (χ4v) is 1.49. The van der Waals surface area contributed by atoms with Gasteiger partial charge in [0.25, 0.3) is 0 Å². The molecule has 0 radical (unpaired) electrons. The highest BCUT2D eigenvalue weighted by Crippen LogP contribution is 2.10. The van der Waals surface area contributed by atoms with Gasteiger partial charge in [-0.2, -0.15) is 0 Å². The van der Waals surface area contributed by atoms with Crippen LogP contribution in [-0.4, -0.2) is 25.0 Å². The molecule has 0 aliphatic heterocycles. The number of halogens is 1. The number of aryl methyl sites for hydroxylation is 1. The Labute approximate surface area is 90.9 Å². The molecular formula is C12H19FN2. The zero-order chi connectivity index (χ0) is 11.3. The van der Waals surface area contributed by atoms with Crippen LogP contribution in [0.2, 0.25) is 0 Å². The van der Waals surface area contributed by atoms with Crippen molar-refractivity contribution in [2.75, 3.05) is 20.1 Å². The summed E-state index contributed by atoms with van der Waals surface area (Å²) in [5.74, 6) is -0.125. The summed E-state index contributed by atoms with van der Waals surface area (Å²) in [5, 5.41) is 0. The third-order valence-corrected chi connectivity index (χ3v) is 2.43. The minimum Gasteiger partial charge on any atom is -0.330 e. The van der Waals surface area contributed by atoms with E-state index in [1.54, 1.807) is 13.0 Å². The molecule has 1 aromatic carbocycles. The molecule has 1 rings (SSSR count). The average Bonchev–Trinajstić information content (AvgIpc) is 2.20. The summed E-state index contributed by atoms with van der Waals surface area (Å²) in [5.41, 5.74) is 7.14. The molecule has 0 saturated heterocycles. The van der Waals surface area contributed by atoms with E-state index >= 15 is 0 Å². The SMILES string of the molecule is Cc1ccc(CN(C)CCCN)cc1F. The molecule has 2 nitrogen and oxygen atoms in total. The van der Waals surface area contributed by atoms with Crippen molar-refractivity contribution in [2.45, 2.75) is 19.9 Å². The van der Waals surface area contributed by atoms with Crippen molar-refractivity contribution in [3.8, 4) is 0 Å². The smallest absolute Gasteiger partial charge is 0.126 e. The minimum absolute atomic E-state index is 0.125. The van der Waals surface area contributed by atoms with E-state index in [2.05, 4.69) is 4.90 Å². The zero-order valence-corrected chi connectivity index (χ0v) is 9.46. The molecule has 15 heavy (non-hydrogen) atoms. The van der Waals surface area contributed by atoms with Crippen LogP contribution in [0.25, 0.3) is 0 Å². The van der Waals surface area contributed by atoms with E-state index < -0.39 is 0 Å². The van der Waals surface area contributed by atoms with Crippen molar-refractivity contribution in [1.82, 2.24) is 4.90 Å². The molecule has 0 heterocycles. The number of nitrogens with zero attached hydrogens (tertiary/aromatic N) is 1. The van der Waals surface area contributed by atoms with Gasteiger partial charge in [0.15, 0.2) is 0 Å². The Morgan fingerprint density at radius 3 is 2.73 bits per heavy atom. The Hall–Kier alpha value is -0.930. The Kier molecular flexibility index (Phi) is 4.72. The van der Waals surface area contributed by atoms with Crippen molar-refractivity contribution in [2.24, 2.45) is 5.73 Å². The Morgan fingerprint density at radius 1 is 1.40 bits per heavy atom. The molecule has 0 saturated carbocycles. The Morgan fingerprint density at radius 2 is 2.13 bits per heavy atom. The summed E-state index contributed by atoms with van der Waals surface area (Å²) in [6.07, 6.45) is 0.977. The average molecular weight is 210 g/mol. The molecule has 0 bridgehead atoms. The lowest BCUT2D eigenvalue weighted by Crippen LogP contribution is -2.21. The van der Waals surface area contributed by atoms with Gasteiger partial charge in [0.05, 0.1) is 0 Å². The van der Waals surface area contributed by atoms with Crippen LogP contribution in [0.15, 0.2) is 18.2 Å². The summed E-state index contributed by atoms with van der Waals surface area (Å²) in [7, 11) is 2.02. The van der Waals surface area contributed by atoms with Crippen LogP contribution in [0.4, 0.5) is 4.39 Å². The minimum atomic E-state index is -0.125. The van der Waals surface area contributed by atoms with Crippen LogP contribution in [0.5, 0.6) is 0 Å². The van der Waals surface area contributed by atoms with Gasteiger partial charge in [0, 0.05) is 6.54 Å². The second-order valence-corrected chi connectivity index (χ2v) is 3.96. The van der Waals surface area contributed by atoms with Gasteiger partial charge >= 0.3 is 0 Å². The monoisotopic (exact) mass is 210 g/mol. The number of hydrogen-bond acceptors (Lipinski definition) is 2. The number of hydrogen-bond donors (Lipinski definition) is 1. The first-order chi connectivity index (χ1) is 7.13. The lowest BCUT2D eigenvalue weighted by atomic mass is 10.1. The second-order valence-electron chi connectivity index (χ2n) is 3.96. The van der Waals surface area contributed by atoms with Gasteiger partial charge < -0.3 is 10.6 Å². The number of nitrogens with two attached hydrogens (primary N) is 1. The van der Waals surface area contributed by atoms with Crippen LogP contribution in [0, 0.1) is 12.7 Å². The molecule has 0 aromatic heterocycles. The number of benzene rings is 1. The van der Waals surface area contributed by atoms with E-state index in [9.17, 15) is 4.39 Å². The van der Waals surface area contributed by atoms with Gasteiger partial charge in [-0.05, 0) is 50.7 Å². The predicted molar refractivity (Wildman–Crippen MR) is 61.1 cm³/mol. The highest BCUT2D eigenvalue weighted by atomic mass is 19.1. The molecule has 0 amide bonds. The molecule has 1 aromatic rings. The first-order valence-electron chi connectivity index (χ1n) is 5.27. The quantitative estimate of drug-likeness (QED) is 0.804. The molecule has 2 N–H and O–H groups in total. The van der Waals surface area contributed by atoms with E-state index in [0.29, 0.717) is 12.1 Å². The van der Waals surface area contributed by atoms with Gasteiger partial charge in [0.2, 0.25) is 0 Å². The van der Waals surface area contributed by atoms with Crippen molar-refractivity contribution in [3.05, 3.63) is 35.1 Å². The fourth-order valence-electron chi connectivity index (χ4n) is 1.49. The van der Waals surface area contributed by atoms with Gasteiger partial charge in [-0.25, -0.2) is 4.39 Å². The van der Waals surface area contributed by atoms with Crippen molar-refractivity contribution in [1.29, 1.82) is 0 Å². The fraction of sp³-hybridized carbons (Fsp3) is 0.500. The van der Waals surface area contributed by atoms with E-state index in [1.165, 1.54) is 0 Å². The lowest BCUT2D eigenvalue weighted by Gasteiger charge is -2.16. The molecule has 0 aliphatic carbocycles. The maximum Gasteiger partial charge on any atom is 0.126 e. The summed E-state index contributed by atoms with van der Waals surface area (Å²) < 4.78 is 13.2. The topological polar surface area (TPSA) is 29.3 Å². The molecule has 0 atom stereocenters. The van der Waals surface area contributed by atoms with Crippen LogP contribution in [0.1, 0.15) is 17.5 Å². The van der Waals surface area contributed by atoms with Crippen LogP contribution >= 0.6 is 0 Å². The molecule has 0 unspecified atom stereocenters. The maximum absolute atomic E-state index is 13.2. The Bertz CT molecular complexity index is 312. The predicted octanol–water partition coefficient (Wildman–Crippen LogP) is 1.91. The third kappa shape index (κ3) is 3.98. The molecule has 84 valence electrons. The summed E-state index contributed by atoms with van der Waals surface area (Å²) in [6, 6.07) is 5.40. The molecule has 0 aliphatic rings. The molecular weight excluding hydrogens is 191 g/mol. The Balaban J connectivity index is 2.53. The zero-order valence-electron chi connectivity index (χ0n) is 9.46.